The van der Waals surface area contributed by atoms with E-state index < -0.39 is 11.1 Å². The normalized spacial score (nSPS) is 19.1. The predicted molar refractivity (Wildman–Crippen MR) is 86.8 cm³/mol. The van der Waals surface area contributed by atoms with Crippen LogP contribution in [0.4, 0.5) is 0 Å². The Balaban J connectivity index is 1.90. The number of hydrogen-bond donors (Lipinski definition) is 3. The summed E-state index contributed by atoms with van der Waals surface area (Å²) in [4.78, 5) is 9.07. The minimum atomic E-state index is -1.29. The van der Waals surface area contributed by atoms with E-state index in [0.29, 0.717) is 23.4 Å². The van der Waals surface area contributed by atoms with Gasteiger partial charge >= 0.3 is 0 Å². The molecule has 0 bridgehead atoms. The highest BCUT2D eigenvalue weighted by Crippen LogP contribution is 2.23. The molecule has 0 radical (unpaired) electrons. The first-order chi connectivity index (χ1) is 10.8. The van der Waals surface area contributed by atoms with Gasteiger partial charge in [-0.05, 0) is 31.6 Å². The summed E-state index contributed by atoms with van der Waals surface area (Å²) >= 11 is -1.29. The Kier molecular flexibility index (Phi) is 7.90. The van der Waals surface area contributed by atoms with Crippen LogP contribution in [0.1, 0.15) is 57.8 Å². The van der Waals surface area contributed by atoms with E-state index >= 15 is 0 Å². The van der Waals surface area contributed by atoms with Crippen LogP contribution in [0.25, 0.3) is 0 Å². The SMILES string of the molecule is [O-][s+]1[nH]c(=NCCCCCCO)c(=NCC2CCCCC2)[nH]1. The maximum atomic E-state index is 11.6. The lowest BCUT2D eigenvalue weighted by Gasteiger charge is -2.18. The van der Waals surface area contributed by atoms with Crippen LogP contribution in [0, 0.1) is 5.92 Å². The summed E-state index contributed by atoms with van der Waals surface area (Å²) in [6.45, 7) is 1.77. The molecule has 0 saturated heterocycles. The Morgan fingerprint density at radius 1 is 1.00 bits per heavy atom. The largest absolute Gasteiger partial charge is 0.549 e. The zero-order valence-corrected chi connectivity index (χ0v) is 14.0. The molecule has 1 aliphatic rings. The van der Waals surface area contributed by atoms with E-state index in [9.17, 15) is 4.55 Å². The van der Waals surface area contributed by atoms with Crippen LogP contribution in [0.3, 0.4) is 0 Å². The zero-order valence-electron chi connectivity index (χ0n) is 13.2. The van der Waals surface area contributed by atoms with Crippen molar-refractivity contribution < 1.29 is 9.66 Å². The summed E-state index contributed by atoms with van der Waals surface area (Å²) in [7, 11) is 0. The van der Waals surface area contributed by atoms with E-state index in [4.69, 9.17) is 5.11 Å². The molecule has 0 amide bonds. The number of rotatable bonds is 8. The third kappa shape index (κ3) is 6.06. The second-order valence-electron chi connectivity index (χ2n) is 6.03. The summed E-state index contributed by atoms with van der Waals surface area (Å²) in [5.41, 5.74) is 1.29. The summed E-state index contributed by atoms with van der Waals surface area (Å²) in [5.74, 6) is 0.664. The zero-order chi connectivity index (χ0) is 15.6. The summed E-state index contributed by atoms with van der Waals surface area (Å²) in [5, 5.41) is 8.73. The number of aliphatic hydroxyl groups is 1. The maximum Gasteiger partial charge on any atom is 0.219 e. The molecule has 2 rings (SSSR count). The average Bonchev–Trinajstić information content (AvgIpc) is 2.90. The Morgan fingerprint density at radius 2 is 1.68 bits per heavy atom. The molecule has 22 heavy (non-hydrogen) atoms. The maximum absolute atomic E-state index is 11.6. The molecule has 1 unspecified atom stereocenters. The molecule has 1 fully saturated rings. The van der Waals surface area contributed by atoms with Crippen LogP contribution in [0.2, 0.25) is 0 Å². The Hall–Kier alpha value is -0.920. The summed E-state index contributed by atoms with van der Waals surface area (Å²) in [6.07, 6.45) is 10.4. The smallest absolute Gasteiger partial charge is 0.219 e. The van der Waals surface area contributed by atoms with E-state index in [0.717, 1.165) is 32.2 Å². The van der Waals surface area contributed by atoms with Crippen LogP contribution in [0.15, 0.2) is 9.98 Å². The number of aromatic nitrogens is 2. The van der Waals surface area contributed by atoms with Gasteiger partial charge in [-0.25, -0.2) is 0 Å². The highest BCUT2D eigenvalue weighted by atomic mass is 32.2. The van der Waals surface area contributed by atoms with Crippen molar-refractivity contribution in [2.24, 2.45) is 15.9 Å². The lowest BCUT2D eigenvalue weighted by molar-refractivity contribution is 0.282. The molecule has 0 spiro atoms. The molecular formula is C15H28N4O2S. The van der Waals surface area contributed by atoms with Gasteiger partial charge < -0.3 is 9.66 Å². The van der Waals surface area contributed by atoms with Crippen LogP contribution in [-0.2, 0) is 0 Å². The van der Waals surface area contributed by atoms with Crippen molar-refractivity contribution in [2.75, 3.05) is 19.7 Å². The molecule has 3 N–H and O–H groups in total. The summed E-state index contributed by atoms with van der Waals surface area (Å²) in [6, 6.07) is 0. The molecule has 0 aliphatic heterocycles. The first kappa shape index (κ1) is 17.4. The summed E-state index contributed by atoms with van der Waals surface area (Å²) < 4.78 is 17.3. The van der Waals surface area contributed by atoms with Gasteiger partial charge in [-0.15, -0.1) is 0 Å². The highest BCUT2D eigenvalue weighted by Gasteiger charge is 2.12. The molecule has 1 saturated carbocycles. The number of aliphatic hydroxyl groups excluding tert-OH is 1. The van der Waals surface area contributed by atoms with Crippen LogP contribution in [-0.4, -0.2) is 38.1 Å². The Bertz CT molecular complexity index is 540. The molecule has 1 aromatic heterocycles. The fourth-order valence-electron chi connectivity index (χ4n) is 2.87. The molecule has 1 heterocycles. The van der Waals surface area contributed by atoms with Crippen molar-refractivity contribution >= 4 is 11.1 Å². The van der Waals surface area contributed by atoms with Crippen molar-refractivity contribution in [1.82, 2.24) is 8.75 Å². The third-order valence-electron chi connectivity index (χ3n) is 4.17. The van der Waals surface area contributed by atoms with Crippen molar-refractivity contribution in [3.63, 3.8) is 0 Å². The van der Waals surface area contributed by atoms with Crippen LogP contribution < -0.4 is 11.0 Å². The lowest BCUT2D eigenvalue weighted by atomic mass is 9.89. The van der Waals surface area contributed by atoms with Crippen LogP contribution >= 0.6 is 11.1 Å². The number of aromatic amines is 2. The highest BCUT2D eigenvalue weighted by molar-refractivity contribution is 7.13. The van der Waals surface area contributed by atoms with E-state index in [2.05, 4.69) is 18.7 Å². The number of hydrogen-bond acceptors (Lipinski definition) is 4. The van der Waals surface area contributed by atoms with Gasteiger partial charge in [-0.2, -0.15) is 8.75 Å². The van der Waals surface area contributed by atoms with E-state index in [-0.39, 0.29) is 6.61 Å². The predicted octanol–water partition coefficient (Wildman–Crippen LogP) is 2.00. The van der Waals surface area contributed by atoms with Gasteiger partial charge in [-0.1, -0.05) is 32.1 Å². The standard InChI is InChI=1S/C15H28N4O2S/c20-11-7-2-1-6-10-16-14-15(19-22(21)18-14)17-12-13-8-4-3-5-9-13/h13,20H,1-12H2,(H,16,18)(H,17,19). The Labute approximate surface area is 134 Å². The van der Waals surface area contributed by atoms with Crippen molar-refractivity contribution in [3.05, 3.63) is 11.0 Å². The quantitative estimate of drug-likeness (QED) is 0.502. The number of H-pyrrole nitrogens is 2. The first-order valence-electron chi connectivity index (χ1n) is 8.45. The van der Waals surface area contributed by atoms with Gasteiger partial charge in [0.1, 0.15) is 11.1 Å². The minimum absolute atomic E-state index is 0.261. The fraction of sp³-hybridized carbons (Fsp3) is 0.867. The molecular weight excluding hydrogens is 300 g/mol. The molecule has 1 aliphatic carbocycles. The molecule has 0 aromatic carbocycles. The van der Waals surface area contributed by atoms with Crippen molar-refractivity contribution in [3.8, 4) is 0 Å². The average molecular weight is 328 g/mol. The molecule has 6 nitrogen and oxygen atoms in total. The van der Waals surface area contributed by atoms with E-state index in [1.807, 2.05) is 0 Å². The van der Waals surface area contributed by atoms with Crippen molar-refractivity contribution in [2.45, 2.75) is 57.8 Å². The minimum Gasteiger partial charge on any atom is -0.549 e. The second kappa shape index (κ2) is 9.97. The molecule has 1 aromatic rings. The monoisotopic (exact) mass is 328 g/mol. The molecule has 126 valence electrons. The van der Waals surface area contributed by atoms with Gasteiger partial charge in [0.2, 0.25) is 11.0 Å². The first-order valence-corrected chi connectivity index (χ1v) is 9.60. The van der Waals surface area contributed by atoms with Gasteiger partial charge in [0.25, 0.3) is 0 Å². The van der Waals surface area contributed by atoms with Crippen molar-refractivity contribution in [1.29, 1.82) is 0 Å². The van der Waals surface area contributed by atoms with Crippen LogP contribution in [0.5, 0.6) is 0 Å². The second-order valence-corrected chi connectivity index (χ2v) is 6.98. The molecule has 1 atom stereocenters. The number of unbranched alkanes of at least 4 members (excludes halogenated alkanes) is 3. The molecule has 7 heteroatoms. The van der Waals surface area contributed by atoms with E-state index in [1.165, 1.54) is 32.1 Å². The number of nitrogens with one attached hydrogen (secondary N) is 2. The van der Waals surface area contributed by atoms with Gasteiger partial charge in [0.15, 0.2) is 0 Å². The fourth-order valence-corrected chi connectivity index (χ4v) is 3.59. The van der Waals surface area contributed by atoms with Gasteiger partial charge in [-0.3, -0.25) is 9.98 Å². The van der Waals surface area contributed by atoms with Gasteiger partial charge in [0.05, 0.1) is 0 Å². The third-order valence-corrected chi connectivity index (χ3v) is 4.93. The topological polar surface area (TPSA) is 99.6 Å². The van der Waals surface area contributed by atoms with Gasteiger partial charge in [0, 0.05) is 19.7 Å². The number of nitrogens with zero attached hydrogens (tertiary/aromatic N) is 2. The van der Waals surface area contributed by atoms with E-state index in [1.54, 1.807) is 0 Å². The lowest BCUT2D eigenvalue weighted by Crippen LogP contribution is -2.27. The Morgan fingerprint density at radius 3 is 2.41 bits per heavy atom.